The van der Waals surface area contributed by atoms with E-state index < -0.39 is 6.10 Å². The Morgan fingerprint density at radius 2 is 0.425 bits per heavy atom. The second-order valence-electron chi connectivity index (χ2n) is 26.2. The van der Waals surface area contributed by atoms with Gasteiger partial charge in [0, 0.05) is 0 Å². The summed E-state index contributed by atoms with van der Waals surface area (Å²) < 4.78 is 5.11. The highest BCUT2D eigenvalue weighted by atomic mass is 16.5. The van der Waals surface area contributed by atoms with Crippen LogP contribution in [0.2, 0.25) is 0 Å². The largest absolute Gasteiger partial charge is 0.469 e. The zero-order valence-corrected chi connectivity index (χ0v) is 55.6. The molecule has 80 heavy (non-hydrogen) atoms. The fourth-order valence-corrected chi connectivity index (χ4v) is 12.6. The molecule has 0 rings (SSSR count). The third kappa shape index (κ3) is 66.1. The number of methoxy groups -OCH3 is 1. The van der Waals surface area contributed by atoms with E-state index in [9.17, 15) is 9.90 Å². The molecule has 0 saturated carbocycles. The molecule has 0 radical (unpaired) electrons. The predicted octanol–water partition coefficient (Wildman–Crippen LogP) is 27.4. The van der Waals surface area contributed by atoms with Crippen molar-refractivity contribution < 1.29 is 14.6 Å². The summed E-state index contributed by atoms with van der Waals surface area (Å²) in [6, 6.07) is 0. The average molecular weight is 1120 g/mol. The molecule has 0 amide bonds. The number of aliphatic hydroxyl groups excluding tert-OH is 1. The SMILES string of the molecule is CCCCCCCCCCCCCCCCCCC=CCCCCCCCCCCCCC=CCCCCCCCCCCCCCCCCCCCC(O)C(CCCCCCCCCCCCCCCCCCCC)C(=O)OC. The Morgan fingerprint density at radius 3 is 0.613 bits per heavy atom. The Labute approximate surface area is 505 Å². The molecule has 0 bridgehead atoms. The summed E-state index contributed by atoms with van der Waals surface area (Å²) in [5, 5.41) is 10.9. The third-order valence-corrected chi connectivity index (χ3v) is 18.3. The average Bonchev–Trinajstić information content (AvgIpc) is 3.47. The minimum absolute atomic E-state index is 0.213. The van der Waals surface area contributed by atoms with Gasteiger partial charge in [0.15, 0.2) is 0 Å². The maximum absolute atomic E-state index is 12.5. The van der Waals surface area contributed by atoms with Crippen LogP contribution in [0, 0.1) is 5.92 Å². The number of allylic oxidation sites excluding steroid dienone is 4. The Bertz CT molecular complexity index is 1170. The summed E-state index contributed by atoms with van der Waals surface area (Å²) in [6.07, 6.45) is 101. The Morgan fingerprint density at radius 1 is 0.263 bits per heavy atom. The van der Waals surface area contributed by atoms with Gasteiger partial charge >= 0.3 is 5.97 Å². The van der Waals surface area contributed by atoms with E-state index in [4.69, 9.17) is 4.74 Å². The molecule has 0 aliphatic rings. The van der Waals surface area contributed by atoms with Crippen LogP contribution in [-0.2, 0) is 9.53 Å². The molecule has 0 aliphatic heterocycles. The molecular formula is C77H150O3. The lowest BCUT2D eigenvalue weighted by Crippen LogP contribution is -2.29. The molecule has 0 heterocycles. The first-order valence-electron chi connectivity index (χ1n) is 37.7. The lowest BCUT2D eigenvalue weighted by atomic mass is 9.91. The molecule has 3 nitrogen and oxygen atoms in total. The topological polar surface area (TPSA) is 46.5 Å². The van der Waals surface area contributed by atoms with Crippen molar-refractivity contribution in [3.8, 4) is 0 Å². The summed E-state index contributed by atoms with van der Waals surface area (Å²) >= 11 is 0. The molecule has 0 saturated heterocycles. The fourth-order valence-electron chi connectivity index (χ4n) is 12.6. The quantitative estimate of drug-likeness (QED) is 0.0375. The van der Waals surface area contributed by atoms with Crippen LogP contribution in [0.5, 0.6) is 0 Å². The van der Waals surface area contributed by atoms with E-state index in [-0.39, 0.29) is 11.9 Å². The van der Waals surface area contributed by atoms with E-state index in [1.807, 2.05) is 0 Å². The molecule has 2 atom stereocenters. The van der Waals surface area contributed by atoms with E-state index in [1.165, 1.54) is 405 Å². The van der Waals surface area contributed by atoms with Crippen molar-refractivity contribution in [1.82, 2.24) is 0 Å². The van der Waals surface area contributed by atoms with Gasteiger partial charge in [0.05, 0.1) is 19.1 Å². The van der Waals surface area contributed by atoms with Crippen LogP contribution < -0.4 is 0 Å². The second kappa shape index (κ2) is 72.2. The van der Waals surface area contributed by atoms with Gasteiger partial charge < -0.3 is 9.84 Å². The minimum atomic E-state index is -0.554. The van der Waals surface area contributed by atoms with Crippen LogP contribution in [0.4, 0.5) is 0 Å². The van der Waals surface area contributed by atoms with Crippen molar-refractivity contribution in [2.24, 2.45) is 5.92 Å². The zero-order chi connectivity index (χ0) is 57.6. The smallest absolute Gasteiger partial charge is 0.311 e. The van der Waals surface area contributed by atoms with Gasteiger partial charge in [-0.05, 0) is 64.2 Å². The number of unbranched alkanes of at least 4 members (excludes halogenated alkanes) is 61. The van der Waals surface area contributed by atoms with E-state index in [1.54, 1.807) is 0 Å². The molecule has 0 spiro atoms. The molecule has 2 unspecified atom stereocenters. The van der Waals surface area contributed by atoms with Crippen molar-refractivity contribution in [3.63, 3.8) is 0 Å². The second-order valence-corrected chi connectivity index (χ2v) is 26.2. The van der Waals surface area contributed by atoms with Crippen molar-refractivity contribution >= 4 is 5.97 Å². The number of esters is 1. The third-order valence-electron chi connectivity index (χ3n) is 18.3. The number of hydrogen-bond acceptors (Lipinski definition) is 3. The van der Waals surface area contributed by atoms with Crippen LogP contribution in [-0.4, -0.2) is 24.3 Å². The van der Waals surface area contributed by atoms with Crippen molar-refractivity contribution in [2.45, 2.75) is 450 Å². The fraction of sp³-hybridized carbons (Fsp3) is 0.935. The van der Waals surface area contributed by atoms with Crippen molar-refractivity contribution in [3.05, 3.63) is 24.3 Å². The van der Waals surface area contributed by atoms with Gasteiger partial charge in [-0.1, -0.05) is 404 Å². The van der Waals surface area contributed by atoms with Crippen LogP contribution in [0.3, 0.4) is 0 Å². The summed E-state index contributed by atoms with van der Waals surface area (Å²) in [6.45, 7) is 4.61. The first-order chi connectivity index (χ1) is 39.7. The maximum atomic E-state index is 12.5. The Kier molecular flexibility index (Phi) is 71.2. The van der Waals surface area contributed by atoms with Crippen molar-refractivity contribution in [1.29, 1.82) is 0 Å². The predicted molar refractivity (Wildman–Crippen MR) is 360 cm³/mol. The van der Waals surface area contributed by atoms with Crippen LogP contribution in [0.15, 0.2) is 24.3 Å². The number of aliphatic hydroxyl groups is 1. The molecule has 476 valence electrons. The highest BCUT2D eigenvalue weighted by Crippen LogP contribution is 2.23. The number of carbonyl (C=O) groups excluding carboxylic acids is 1. The molecule has 0 aromatic carbocycles. The van der Waals surface area contributed by atoms with E-state index in [0.29, 0.717) is 0 Å². The summed E-state index contributed by atoms with van der Waals surface area (Å²) in [4.78, 5) is 12.5. The molecule has 3 heteroatoms. The van der Waals surface area contributed by atoms with E-state index in [0.717, 1.165) is 32.1 Å². The summed E-state index contributed by atoms with van der Waals surface area (Å²) in [5.41, 5.74) is 0. The Hall–Kier alpha value is -1.09. The van der Waals surface area contributed by atoms with Gasteiger partial charge in [-0.25, -0.2) is 0 Å². The summed E-state index contributed by atoms with van der Waals surface area (Å²) in [5.74, 6) is -0.561. The monoisotopic (exact) mass is 1120 g/mol. The Balaban J connectivity index is 3.37. The van der Waals surface area contributed by atoms with Crippen molar-refractivity contribution in [2.75, 3.05) is 7.11 Å². The number of rotatable bonds is 71. The van der Waals surface area contributed by atoms with Gasteiger partial charge in [-0.3, -0.25) is 4.79 Å². The lowest BCUT2D eigenvalue weighted by Gasteiger charge is -2.20. The minimum Gasteiger partial charge on any atom is -0.469 e. The zero-order valence-electron chi connectivity index (χ0n) is 55.6. The normalized spacial score (nSPS) is 12.7. The summed E-state index contributed by atoms with van der Waals surface area (Å²) in [7, 11) is 1.48. The lowest BCUT2D eigenvalue weighted by molar-refractivity contribution is -0.150. The van der Waals surface area contributed by atoms with Crippen LogP contribution >= 0.6 is 0 Å². The highest BCUT2D eigenvalue weighted by Gasteiger charge is 2.26. The molecule has 1 N–H and O–H groups in total. The van der Waals surface area contributed by atoms with Crippen LogP contribution in [0.25, 0.3) is 0 Å². The number of carbonyl (C=O) groups is 1. The van der Waals surface area contributed by atoms with Crippen LogP contribution in [0.1, 0.15) is 444 Å². The first kappa shape index (κ1) is 78.9. The van der Waals surface area contributed by atoms with E-state index >= 15 is 0 Å². The molecule has 0 aliphatic carbocycles. The molecule has 0 fully saturated rings. The number of hydrogen-bond donors (Lipinski definition) is 1. The number of ether oxygens (including phenoxy) is 1. The molecular weight excluding hydrogens is 973 g/mol. The maximum Gasteiger partial charge on any atom is 0.311 e. The van der Waals surface area contributed by atoms with Gasteiger partial charge in [0.25, 0.3) is 0 Å². The van der Waals surface area contributed by atoms with Gasteiger partial charge in [-0.2, -0.15) is 0 Å². The molecule has 0 aromatic heterocycles. The van der Waals surface area contributed by atoms with Gasteiger partial charge in [-0.15, -0.1) is 0 Å². The van der Waals surface area contributed by atoms with E-state index in [2.05, 4.69) is 38.2 Å². The molecule has 0 aromatic rings. The van der Waals surface area contributed by atoms with Gasteiger partial charge in [0.2, 0.25) is 0 Å². The standard InChI is InChI=1S/C77H150O3/c1-4-6-8-10-12-14-16-18-20-22-24-25-26-27-28-29-30-31-32-33-34-35-36-37-38-39-40-41-42-43-44-45-46-47-48-49-50-51-52-53-54-55-56-58-60-62-64-66-68-70-72-74-76(78)75(77(79)80-3)73-71-69-67-65-63-61-59-57-23-21-19-17-15-13-11-9-7-5-2/h31-32,45-46,75-76,78H,4-30,33-44,47-74H2,1-3H3. The first-order valence-corrected chi connectivity index (χ1v) is 37.7. The highest BCUT2D eigenvalue weighted by molar-refractivity contribution is 5.72. The van der Waals surface area contributed by atoms with Gasteiger partial charge in [0.1, 0.15) is 0 Å².